The maximum Gasteiger partial charge on any atom is 0.164 e. The van der Waals surface area contributed by atoms with Gasteiger partial charge in [-0.05, 0) is 56.6 Å². The standard InChI is InChI=1S/C45H31N3/c1-4-12-32(13-5-1)35-22-26-37(27-23-35)43-46-44(48-45(47-43)42-21-11-20-41(31-42)34-16-8-3-9-17-34)38-28-24-36(25-29-38)40-19-10-18-39(30-40)33-14-6-2-7-15-33/h1-31H. The van der Waals surface area contributed by atoms with E-state index in [9.17, 15) is 0 Å². The fourth-order valence-electron chi connectivity index (χ4n) is 5.99. The van der Waals surface area contributed by atoms with Gasteiger partial charge in [0.25, 0.3) is 0 Å². The van der Waals surface area contributed by atoms with Gasteiger partial charge in [0, 0.05) is 16.7 Å². The van der Waals surface area contributed by atoms with Crippen LogP contribution in [0.15, 0.2) is 188 Å². The maximum atomic E-state index is 5.03. The van der Waals surface area contributed by atoms with E-state index in [2.05, 4.69) is 170 Å². The first kappa shape index (κ1) is 29.0. The van der Waals surface area contributed by atoms with Gasteiger partial charge >= 0.3 is 0 Å². The maximum absolute atomic E-state index is 5.03. The zero-order chi connectivity index (χ0) is 32.1. The van der Waals surface area contributed by atoms with Gasteiger partial charge in [0.05, 0.1) is 0 Å². The van der Waals surface area contributed by atoms with Gasteiger partial charge in [-0.15, -0.1) is 0 Å². The molecule has 0 spiro atoms. The number of nitrogens with zero attached hydrogens (tertiary/aromatic N) is 3. The van der Waals surface area contributed by atoms with Crippen molar-refractivity contribution < 1.29 is 0 Å². The molecule has 8 rings (SSSR count). The number of aromatic nitrogens is 3. The molecule has 0 saturated heterocycles. The predicted octanol–water partition coefficient (Wildman–Crippen LogP) is 11.5. The van der Waals surface area contributed by atoms with E-state index < -0.39 is 0 Å². The number of rotatable bonds is 7. The van der Waals surface area contributed by atoms with E-state index in [0.29, 0.717) is 17.5 Å². The smallest absolute Gasteiger partial charge is 0.164 e. The molecule has 48 heavy (non-hydrogen) atoms. The van der Waals surface area contributed by atoms with E-state index in [1.807, 2.05) is 18.2 Å². The summed E-state index contributed by atoms with van der Waals surface area (Å²) in [5, 5.41) is 0. The Bertz CT molecular complexity index is 2300. The van der Waals surface area contributed by atoms with E-state index in [1.165, 1.54) is 16.7 Å². The Morgan fingerprint density at radius 3 is 0.854 bits per heavy atom. The van der Waals surface area contributed by atoms with Gasteiger partial charge < -0.3 is 0 Å². The Labute approximate surface area is 280 Å². The van der Waals surface area contributed by atoms with Crippen molar-refractivity contribution in [2.24, 2.45) is 0 Å². The van der Waals surface area contributed by atoms with Gasteiger partial charge in [-0.3, -0.25) is 0 Å². The summed E-state index contributed by atoms with van der Waals surface area (Å²) in [6.45, 7) is 0. The molecular weight excluding hydrogens is 583 g/mol. The lowest BCUT2D eigenvalue weighted by Gasteiger charge is -2.11. The summed E-state index contributed by atoms with van der Waals surface area (Å²) in [5.74, 6) is 1.91. The van der Waals surface area contributed by atoms with Gasteiger partial charge in [-0.1, -0.05) is 176 Å². The van der Waals surface area contributed by atoms with Crippen molar-refractivity contribution in [3.63, 3.8) is 0 Å². The molecule has 0 radical (unpaired) electrons. The molecule has 0 N–H and O–H groups in total. The quantitative estimate of drug-likeness (QED) is 0.179. The molecule has 0 aliphatic rings. The molecular formula is C45H31N3. The van der Waals surface area contributed by atoms with E-state index in [-0.39, 0.29) is 0 Å². The Morgan fingerprint density at radius 1 is 0.188 bits per heavy atom. The highest BCUT2D eigenvalue weighted by Gasteiger charge is 2.14. The highest BCUT2D eigenvalue weighted by atomic mass is 15.0. The molecule has 3 nitrogen and oxygen atoms in total. The van der Waals surface area contributed by atoms with Crippen LogP contribution in [0.25, 0.3) is 78.7 Å². The van der Waals surface area contributed by atoms with Crippen molar-refractivity contribution in [3.8, 4) is 78.7 Å². The molecule has 0 aliphatic carbocycles. The zero-order valence-electron chi connectivity index (χ0n) is 26.2. The lowest BCUT2D eigenvalue weighted by Crippen LogP contribution is -2.00. The lowest BCUT2D eigenvalue weighted by atomic mass is 9.98. The predicted molar refractivity (Wildman–Crippen MR) is 198 cm³/mol. The van der Waals surface area contributed by atoms with Crippen molar-refractivity contribution in [2.45, 2.75) is 0 Å². The van der Waals surface area contributed by atoms with Crippen LogP contribution in [-0.4, -0.2) is 15.0 Å². The highest BCUT2D eigenvalue weighted by Crippen LogP contribution is 2.31. The molecule has 0 aliphatic heterocycles. The Morgan fingerprint density at radius 2 is 0.438 bits per heavy atom. The number of benzene rings is 7. The fraction of sp³-hybridized carbons (Fsp3) is 0. The SMILES string of the molecule is c1ccc(-c2ccc(-c3nc(-c4ccc(-c5cccc(-c6ccccc6)c5)cc4)nc(-c4cccc(-c5ccccc5)c4)n3)cc2)cc1. The first-order valence-electron chi connectivity index (χ1n) is 16.1. The topological polar surface area (TPSA) is 38.7 Å². The Kier molecular flexibility index (Phi) is 7.92. The highest BCUT2D eigenvalue weighted by molar-refractivity contribution is 5.76. The van der Waals surface area contributed by atoms with E-state index in [0.717, 1.165) is 44.5 Å². The zero-order valence-corrected chi connectivity index (χ0v) is 26.2. The molecule has 0 fully saturated rings. The first-order chi connectivity index (χ1) is 23.8. The van der Waals surface area contributed by atoms with Crippen LogP contribution in [0.3, 0.4) is 0 Å². The largest absolute Gasteiger partial charge is 0.208 e. The van der Waals surface area contributed by atoms with Crippen molar-refractivity contribution in [1.82, 2.24) is 15.0 Å². The van der Waals surface area contributed by atoms with Crippen LogP contribution in [0.5, 0.6) is 0 Å². The average Bonchev–Trinajstić information content (AvgIpc) is 3.19. The molecule has 1 aromatic heterocycles. The Hall–Kier alpha value is -6.45. The molecule has 0 amide bonds. The second kappa shape index (κ2) is 13.1. The van der Waals surface area contributed by atoms with Crippen LogP contribution >= 0.6 is 0 Å². The molecule has 1 heterocycles. The van der Waals surface area contributed by atoms with Crippen molar-refractivity contribution >= 4 is 0 Å². The van der Waals surface area contributed by atoms with E-state index >= 15 is 0 Å². The Balaban J connectivity index is 1.18. The van der Waals surface area contributed by atoms with Crippen molar-refractivity contribution in [1.29, 1.82) is 0 Å². The van der Waals surface area contributed by atoms with Crippen molar-refractivity contribution in [2.75, 3.05) is 0 Å². The summed E-state index contributed by atoms with van der Waals surface area (Å²) >= 11 is 0. The van der Waals surface area contributed by atoms with Gasteiger partial charge in [0.15, 0.2) is 17.5 Å². The van der Waals surface area contributed by atoms with Gasteiger partial charge in [-0.25, -0.2) is 15.0 Å². The minimum absolute atomic E-state index is 0.636. The third-order valence-corrected chi connectivity index (χ3v) is 8.56. The average molecular weight is 614 g/mol. The van der Waals surface area contributed by atoms with Crippen LogP contribution in [0, 0.1) is 0 Å². The third kappa shape index (κ3) is 6.18. The monoisotopic (exact) mass is 613 g/mol. The summed E-state index contributed by atoms with van der Waals surface area (Å²) in [6, 6.07) is 65.3. The molecule has 0 atom stereocenters. The van der Waals surface area contributed by atoms with Gasteiger partial charge in [0.2, 0.25) is 0 Å². The van der Waals surface area contributed by atoms with Gasteiger partial charge in [0.1, 0.15) is 0 Å². The van der Waals surface area contributed by atoms with Crippen LogP contribution in [0.4, 0.5) is 0 Å². The third-order valence-electron chi connectivity index (χ3n) is 8.56. The molecule has 0 saturated carbocycles. The summed E-state index contributed by atoms with van der Waals surface area (Å²) in [5.41, 5.74) is 12.1. The van der Waals surface area contributed by atoms with Gasteiger partial charge in [-0.2, -0.15) is 0 Å². The van der Waals surface area contributed by atoms with Crippen LogP contribution in [-0.2, 0) is 0 Å². The summed E-state index contributed by atoms with van der Waals surface area (Å²) < 4.78 is 0. The molecule has 7 aromatic carbocycles. The summed E-state index contributed by atoms with van der Waals surface area (Å²) in [6.07, 6.45) is 0. The minimum Gasteiger partial charge on any atom is -0.208 e. The summed E-state index contributed by atoms with van der Waals surface area (Å²) in [4.78, 5) is 15.1. The number of hydrogen-bond acceptors (Lipinski definition) is 3. The molecule has 3 heteroatoms. The van der Waals surface area contributed by atoms with Crippen LogP contribution in [0.2, 0.25) is 0 Å². The minimum atomic E-state index is 0.636. The van der Waals surface area contributed by atoms with Crippen LogP contribution in [0.1, 0.15) is 0 Å². The lowest BCUT2D eigenvalue weighted by molar-refractivity contribution is 1.07. The van der Waals surface area contributed by atoms with Crippen molar-refractivity contribution in [3.05, 3.63) is 188 Å². The normalized spacial score (nSPS) is 10.9. The summed E-state index contributed by atoms with van der Waals surface area (Å²) in [7, 11) is 0. The van der Waals surface area contributed by atoms with Crippen LogP contribution < -0.4 is 0 Å². The van der Waals surface area contributed by atoms with E-state index in [4.69, 9.17) is 15.0 Å². The van der Waals surface area contributed by atoms with E-state index in [1.54, 1.807) is 0 Å². The second-order valence-electron chi connectivity index (χ2n) is 11.7. The molecule has 8 aromatic rings. The molecule has 0 unspecified atom stereocenters. The fourth-order valence-corrected chi connectivity index (χ4v) is 5.99. The second-order valence-corrected chi connectivity index (χ2v) is 11.7. The molecule has 0 bridgehead atoms. The first-order valence-corrected chi connectivity index (χ1v) is 16.1. The molecule has 226 valence electrons. The number of hydrogen-bond donors (Lipinski definition) is 0.